The SMILES string of the molecule is Cc1ccc(C(=O)C(C#N)c2cccc(F)c2)cc1F. The summed E-state index contributed by atoms with van der Waals surface area (Å²) in [6, 6.07) is 11.2. The van der Waals surface area contributed by atoms with E-state index in [-0.39, 0.29) is 11.1 Å². The van der Waals surface area contributed by atoms with Crippen LogP contribution < -0.4 is 0 Å². The molecule has 0 aliphatic heterocycles. The molecule has 0 bridgehead atoms. The van der Waals surface area contributed by atoms with E-state index in [0.717, 1.165) is 12.1 Å². The van der Waals surface area contributed by atoms with Crippen molar-refractivity contribution in [2.75, 3.05) is 0 Å². The van der Waals surface area contributed by atoms with Crippen molar-refractivity contribution >= 4 is 5.78 Å². The van der Waals surface area contributed by atoms with Gasteiger partial charge in [-0.2, -0.15) is 5.26 Å². The summed E-state index contributed by atoms with van der Waals surface area (Å²) in [6.07, 6.45) is 0. The van der Waals surface area contributed by atoms with E-state index in [0.29, 0.717) is 5.56 Å². The van der Waals surface area contributed by atoms with E-state index in [9.17, 15) is 13.6 Å². The Bertz CT molecular complexity index is 704. The van der Waals surface area contributed by atoms with E-state index in [4.69, 9.17) is 5.26 Å². The zero-order chi connectivity index (χ0) is 14.7. The Kier molecular flexibility index (Phi) is 3.90. The predicted octanol–water partition coefficient (Wildman–Crippen LogP) is 3.76. The fourth-order valence-corrected chi connectivity index (χ4v) is 1.88. The molecule has 20 heavy (non-hydrogen) atoms. The lowest BCUT2D eigenvalue weighted by molar-refractivity contribution is 0.0978. The van der Waals surface area contributed by atoms with Crippen LogP contribution in [0.3, 0.4) is 0 Å². The number of carbonyl (C=O) groups is 1. The maximum Gasteiger partial charge on any atom is 0.184 e. The molecule has 0 radical (unpaired) electrons. The maximum absolute atomic E-state index is 13.5. The third kappa shape index (κ3) is 2.72. The Morgan fingerprint density at radius 1 is 1.20 bits per heavy atom. The number of carbonyl (C=O) groups excluding carboxylic acids is 1. The number of ketones is 1. The van der Waals surface area contributed by atoms with Crippen molar-refractivity contribution < 1.29 is 13.6 Å². The fraction of sp³-hybridized carbons (Fsp3) is 0.125. The van der Waals surface area contributed by atoms with Crippen molar-refractivity contribution in [1.82, 2.24) is 0 Å². The van der Waals surface area contributed by atoms with Crippen LogP contribution in [0.25, 0.3) is 0 Å². The second kappa shape index (κ2) is 5.62. The van der Waals surface area contributed by atoms with Crippen LogP contribution in [0.4, 0.5) is 8.78 Å². The summed E-state index contributed by atoms with van der Waals surface area (Å²) < 4.78 is 26.6. The molecule has 2 aromatic rings. The minimum absolute atomic E-state index is 0.101. The highest BCUT2D eigenvalue weighted by atomic mass is 19.1. The van der Waals surface area contributed by atoms with Crippen LogP contribution in [-0.2, 0) is 0 Å². The van der Waals surface area contributed by atoms with Crippen molar-refractivity contribution in [3.63, 3.8) is 0 Å². The lowest BCUT2D eigenvalue weighted by atomic mass is 9.91. The summed E-state index contributed by atoms with van der Waals surface area (Å²) in [4.78, 5) is 12.2. The molecular weight excluding hydrogens is 260 g/mol. The average Bonchev–Trinajstić information content (AvgIpc) is 2.42. The molecule has 4 heteroatoms. The highest BCUT2D eigenvalue weighted by molar-refractivity contribution is 6.02. The molecule has 2 aromatic carbocycles. The molecule has 100 valence electrons. The van der Waals surface area contributed by atoms with Gasteiger partial charge in [-0.15, -0.1) is 0 Å². The number of benzene rings is 2. The molecule has 0 amide bonds. The van der Waals surface area contributed by atoms with Gasteiger partial charge in [0.2, 0.25) is 0 Å². The third-order valence-electron chi connectivity index (χ3n) is 3.03. The smallest absolute Gasteiger partial charge is 0.184 e. The van der Waals surface area contributed by atoms with E-state index in [2.05, 4.69) is 0 Å². The summed E-state index contributed by atoms with van der Waals surface area (Å²) in [5.74, 6) is -2.72. The van der Waals surface area contributed by atoms with Gasteiger partial charge in [0, 0.05) is 5.56 Å². The Morgan fingerprint density at radius 3 is 2.55 bits per heavy atom. The van der Waals surface area contributed by atoms with Crippen molar-refractivity contribution in [2.45, 2.75) is 12.8 Å². The summed E-state index contributed by atoms with van der Waals surface area (Å²) in [5.41, 5.74) is 0.781. The van der Waals surface area contributed by atoms with Gasteiger partial charge in [-0.3, -0.25) is 4.79 Å². The summed E-state index contributed by atoms with van der Waals surface area (Å²) >= 11 is 0. The van der Waals surface area contributed by atoms with Gasteiger partial charge in [0.25, 0.3) is 0 Å². The summed E-state index contributed by atoms with van der Waals surface area (Å²) in [7, 11) is 0. The van der Waals surface area contributed by atoms with Crippen LogP contribution in [0.15, 0.2) is 42.5 Å². The van der Waals surface area contributed by atoms with E-state index in [1.807, 2.05) is 6.07 Å². The van der Waals surface area contributed by atoms with Gasteiger partial charge in [-0.05, 0) is 36.2 Å². The van der Waals surface area contributed by atoms with Crippen LogP contribution in [0.1, 0.15) is 27.4 Å². The monoisotopic (exact) mass is 271 g/mol. The Hall–Kier alpha value is -2.54. The number of halogens is 2. The van der Waals surface area contributed by atoms with Crippen molar-refractivity contribution in [3.8, 4) is 6.07 Å². The number of Topliss-reactive ketones (excluding diaryl/α,β-unsaturated/α-hetero) is 1. The highest BCUT2D eigenvalue weighted by Gasteiger charge is 2.22. The van der Waals surface area contributed by atoms with Gasteiger partial charge in [-0.1, -0.05) is 24.3 Å². The molecule has 0 spiro atoms. The van der Waals surface area contributed by atoms with Gasteiger partial charge in [-0.25, -0.2) is 8.78 Å². The molecule has 0 saturated carbocycles. The molecule has 2 rings (SSSR count). The first-order valence-electron chi connectivity index (χ1n) is 5.98. The second-order valence-corrected chi connectivity index (χ2v) is 4.45. The van der Waals surface area contributed by atoms with Gasteiger partial charge in [0.05, 0.1) is 6.07 Å². The van der Waals surface area contributed by atoms with E-state index in [1.165, 1.54) is 30.3 Å². The molecule has 0 N–H and O–H groups in total. The minimum atomic E-state index is -1.15. The lowest BCUT2D eigenvalue weighted by Crippen LogP contribution is -2.12. The zero-order valence-corrected chi connectivity index (χ0v) is 10.7. The topological polar surface area (TPSA) is 40.9 Å². The van der Waals surface area contributed by atoms with Crippen LogP contribution in [0.2, 0.25) is 0 Å². The summed E-state index contributed by atoms with van der Waals surface area (Å²) in [5, 5.41) is 9.14. The standard InChI is InChI=1S/C16H11F2NO/c1-10-5-6-12(8-15(10)18)16(20)14(9-19)11-3-2-4-13(17)7-11/h2-8,14H,1H3. The molecule has 2 nitrogen and oxygen atoms in total. The molecule has 1 atom stereocenters. The van der Waals surface area contributed by atoms with Gasteiger partial charge in [0.1, 0.15) is 17.6 Å². The predicted molar refractivity (Wildman–Crippen MR) is 70.2 cm³/mol. The molecule has 0 heterocycles. The number of hydrogen-bond donors (Lipinski definition) is 0. The molecule has 0 aliphatic rings. The molecule has 0 fully saturated rings. The first kappa shape index (κ1) is 13.9. The van der Waals surface area contributed by atoms with Crippen LogP contribution >= 0.6 is 0 Å². The third-order valence-corrected chi connectivity index (χ3v) is 3.03. The number of rotatable bonds is 3. The first-order chi connectivity index (χ1) is 9.52. The van der Waals surface area contributed by atoms with Crippen molar-refractivity contribution in [1.29, 1.82) is 5.26 Å². The molecule has 0 aliphatic carbocycles. The molecule has 0 aromatic heterocycles. The number of nitrogens with zero attached hydrogens (tertiary/aromatic N) is 1. The van der Waals surface area contributed by atoms with E-state index < -0.39 is 23.3 Å². The Morgan fingerprint density at radius 2 is 1.95 bits per heavy atom. The van der Waals surface area contributed by atoms with Gasteiger partial charge < -0.3 is 0 Å². The van der Waals surface area contributed by atoms with Crippen molar-refractivity contribution in [2.24, 2.45) is 0 Å². The number of aryl methyl sites for hydroxylation is 1. The Labute approximate surface area is 115 Å². The molecule has 1 unspecified atom stereocenters. The van der Waals surface area contributed by atoms with E-state index >= 15 is 0 Å². The lowest BCUT2D eigenvalue weighted by Gasteiger charge is -2.09. The largest absolute Gasteiger partial charge is 0.292 e. The van der Waals surface area contributed by atoms with Gasteiger partial charge in [0.15, 0.2) is 5.78 Å². The number of hydrogen-bond acceptors (Lipinski definition) is 2. The van der Waals surface area contributed by atoms with E-state index in [1.54, 1.807) is 6.92 Å². The second-order valence-electron chi connectivity index (χ2n) is 4.45. The van der Waals surface area contributed by atoms with Crippen LogP contribution in [-0.4, -0.2) is 5.78 Å². The average molecular weight is 271 g/mol. The fourth-order valence-electron chi connectivity index (χ4n) is 1.88. The quantitative estimate of drug-likeness (QED) is 0.797. The van der Waals surface area contributed by atoms with Crippen LogP contribution in [0.5, 0.6) is 0 Å². The minimum Gasteiger partial charge on any atom is -0.292 e. The van der Waals surface area contributed by atoms with Crippen molar-refractivity contribution in [3.05, 3.63) is 70.8 Å². The highest BCUT2D eigenvalue weighted by Crippen LogP contribution is 2.22. The maximum atomic E-state index is 13.5. The van der Waals surface area contributed by atoms with Crippen LogP contribution in [0, 0.1) is 29.9 Å². The normalized spacial score (nSPS) is 11.7. The summed E-state index contributed by atoms with van der Waals surface area (Å²) in [6.45, 7) is 1.58. The Balaban J connectivity index is 2.39. The van der Waals surface area contributed by atoms with Gasteiger partial charge >= 0.3 is 0 Å². The molecular formula is C16H11F2NO. The first-order valence-corrected chi connectivity index (χ1v) is 5.98. The molecule has 0 saturated heterocycles. The number of nitriles is 1. The zero-order valence-electron chi connectivity index (χ0n) is 10.7.